The molecule has 0 saturated carbocycles. The zero-order valence-corrected chi connectivity index (χ0v) is 11.4. The van der Waals surface area contributed by atoms with Gasteiger partial charge in [-0.15, -0.1) is 0 Å². The third-order valence-corrected chi connectivity index (χ3v) is 3.70. The monoisotopic (exact) mass is 286 g/mol. The Balaban J connectivity index is 2.23. The van der Waals surface area contributed by atoms with Crippen LogP contribution in [0.1, 0.15) is 15.9 Å². The molecule has 3 rings (SSSR count). The second-order valence-electron chi connectivity index (χ2n) is 4.51. The van der Waals surface area contributed by atoms with E-state index < -0.39 is 5.97 Å². The average molecular weight is 287 g/mol. The normalized spacial score (nSPS) is 10.9. The van der Waals surface area contributed by atoms with Crippen LogP contribution in [0, 0.1) is 6.92 Å². The molecule has 0 fully saturated rings. The Morgan fingerprint density at radius 2 is 2.10 bits per heavy atom. The molecular formula is C15H11ClN2O2. The fraction of sp³-hybridized carbons (Fsp3) is 0.0667. The Morgan fingerprint density at radius 3 is 2.85 bits per heavy atom. The summed E-state index contributed by atoms with van der Waals surface area (Å²) >= 11 is 6.14. The van der Waals surface area contributed by atoms with E-state index in [2.05, 4.69) is 4.98 Å². The van der Waals surface area contributed by atoms with E-state index in [0.717, 1.165) is 16.8 Å². The fourth-order valence-electron chi connectivity index (χ4n) is 2.19. The van der Waals surface area contributed by atoms with E-state index in [-0.39, 0.29) is 5.56 Å². The minimum absolute atomic E-state index is 0.227. The van der Waals surface area contributed by atoms with Crippen molar-refractivity contribution in [2.45, 2.75) is 6.92 Å². The van der Waals surface area contributed by atoms with E-state index in [0.29, 0.717) is 10.5 Å². The maximum atomic E-state index is 11.0. The fourth-order valence-corrected chi connectivity index (χ4v) is 2.36. The predicted octanol–water partition coefficient (Wildman–Crippen LogP) is 3.69. The van der Waals surface area contributed by atoms with Crippen LogP contribution in [0.15, 0.2) is 42.7 Å². The molecule has 1 N–H and O–H groups in total. The molecule has 0 aliphatic rings. The summed E-state index contributed by atoms with van der Waals surface area (Å²) in [6.45, 7) is 1.94. The maximum absolute atomic E-state index is 11.0. The molecule has 0 aliphatic heterocycles. The van der Waals surface area contributed by atoms with Gasteiger partial charge in [-0.1, -0.05) is 17.7 Å². The molecule has 0 radical (unpaired) electrons. The summed E-state index contributed by atoms with van der Waals surface area (Å²) in [4.78, 5) is 15.2. The summed E-state index contributed by atoms with van der Waals surface area (Å²) in [5, 5.41) is 9.68. The SMILES string of the molecule is Cc1c(Cl)cccc1-n1cnc2cc(C(=O)O)ccc21. The summed E-state index contributed by atoms with van der Waals surface area (Å²) in [5.41, 5.74) is 3.61. The van der Waals surface area contributed by atoms with Crippen LogP contribution in [-0.4, -0.2) is 20.6 Å². The molecular weight excluding hydrogens is 276 g/mol. The lowest BCUT2D eigenvalue weighted by atomic mass is 10.1. The third kappa shape index (κ3) is 1.94. The summed E-state index contributed by atoms with van der Waals surface area (Å²) in [5.74, 6) is -0.958. The second kappa shape index (κ2) is 4.65. The molecule has 1 heterocycles. The number of carboxylic acids is 1. The molecule has 1 aromatic heterocycles. The number of nitrogens with zero attached hydrogens (tertiary/aromatic N) is 2. The number of hydrogen-bond acceptors (Lipinski definition) is 2. The Hall–Kier alpha value is -2.33. The van der Waals surface area contributed by atoms with Gasteiger partial charge in [-0.05, 0) is 42.8 Å². The molecule has 0 aliphatic carbocycles. The predicted molar refractivity (Wildman–Crippen MR) is 77.8 cm³/mol. The largest absolute Gasteiger partial charge is 0.478 e. The highest BCUT2D eigenvalue weighted by molar-refractivity contribution is 6.31. The molecule has 0 unspecified atom stereocenters. The molecule has 5 heteroatoms. The van der Waals surface area contributed by atoms with E-state index in [1.54, 1.807) is 24.5 Å². The van der Waals surface area contributed by atoms with Crippen LogP contribution in [0.25, 0.3) is 16.7 Å². The van der Waals surface area contributed by atoms with Gasteiger partial charge >= 0.3 is 5.97 Å². The van der Waals surface area contributed by atoms with Gasteiger partial charge in [-0.25, -0.2) is 9.78 Å². The maximum Gasteiger partial charge on any atom is 0.335 e. The highest BCUT2D eigenvalue weighted by atomic mass is 35.5. The van der Waals surface area contributed by atoms with E-state index in [4.69, 9.17) is 16.7 Å². The van der Waals surface area contributed by atoms with Gasteiger partial charge in [0.15, 0.2) is 0 Å². The first kappa shape index (κ1) is 12.7. The smallest absolute Gasteiger partial charge is 0.335 e. The molecule has 3 aromatic rings. The molecule has 0 atom stereocenters. The Morgan fingerprint density at radius 1 is 1.30 bits per heavy atom. The standard InChI is InChI=1S/C15H11ClN2O2/c1-9-11(16)3-2-4-13(9)18-8-17-12-7-10(15(19)20)5-6-14(12)18/h2-8H,1H3,(H,19,20). The van der Waals surface area contributed by atoms with Gasteiger partial charge in [0.05, 0.1) is 22.3 Å². The molecule has 0 bridgehead atoms. The number of carboxylic acid groups (broad SMARTS) is 1. The first-order valence-electron chi connectivity index (χ1n) is 6.04. The van der Waals surface area contributed by atoms with E-state index in [1.807, 2.05) is 29.7 Å². The van der Waals surface area contributed by atoms with Gasteiger partial charge in [0.1, 0.15) is 6.33 Å². The van der Waals surface area contributed by atoms with Crippen molar-refractivity contribution in [2.24, 2.45) is 0 Å². The Labute approximate surface area is 120 Å². The first-order chi connectivity index (χ1) is 9.58. The van der Waals surface area contributed by atoms with E-state index in [1.165, 1.54) is 0 Å². The van der Waals surface area contributed by atoms with Crippen LogP contribution < -0.4 is 0 Å². The second-order valence-corrected chi connectivity index (χ2v) is 4.91. The average Bonchev–Trinajstić information content (AvgIpc) is 2.84. The van der Waals surface area contributed by atoms with Crippen molar-refractivity contribution >= 4 is 28.6 Å². The zero-order chi connectivity index (χ0) is 14.3. The van der Waals surface area contributed by atoms with Crippen LogP contribution in [0.5, 0.6) is 0 Å². The molecule has 2 aromatic carbocycles. The number of fused-ring (bicyclic) bond motifs is 1. The Bertz CT molecular complexity index is 824. The van der Waals surface area contributed by atoms with Crippen molar-refractivity contribution < 1.29 is 9.90 Å². The topological polar surface area (TPSA) is 55.1 Å². The van der Waals surface area contributed by atoms with Crippen LogP contribution in [0.3, 0.4) is 0 Å². The molecule has 0 saturated heterocycles. The van der Waals surface area contributed by atoms with Gasteiger partial charge in [-0.2, -0.15) is 0 Å². The van der Waals surface area contributed by atoms with Crippen molar-refractivity contribution in [3.05, 3.63) is 58.9 Å². The number of aromatic carboxylic acids is 1. The van der Waals surface area contributed by atoms with Gasteiger partial charge < -0.3 is 5.11 Å². The number of carbonyl (C=O) groups is 1. The third-order valence-electron chi connectivity index (χ3n) is 3.29. The lowest BCUT2D eigenvalue weighted by Gasteiger charge is -2.09. The molecule has 100 valence electrons. The number of imidazole rings is 1. The van der Waals surface area contributed by atoms with Gasteiger partial charge in [-0.3, -0.25) is 4.57 Å². The minimum atomic E-state index is -0.958. The lowest BCUT2D eigenvalue weighted by Crippen LogP contribution is -1.97. The van der Waals surface area contributed by atoms with E-state index in [9.17, 15) is 4.79 Å². The summed E-state index contributed by atoms with van der Waals surface area (Å²) in [7, 11) is 0. The first-order valence-corrected chi connectivity index (χ1v) is 6.41. The van der Waals surface area contributed by atoms with Crippen molar-refractivity contribution in [3.63, 3.8) is 0 Å². The van der Waals surface area contributed by atoms with E-state index >= 15 is 0 Å². The number of hydrogen-bond donors (Lipinski definition) is 1. The summed E-state index contributed by atoms with van der Waals surface area (Å²) in [6, 6.07) is 10.6. The van der Waals surface area contributed by atoms with Crippen molar-refractivity contribution in [1.29, 1.82) is 0 Å². The summed E-state index contributed by atoms with van der Waals surface area (Å²) < 4.78 is 1.90. The zero-order valence-electron chi connectivity index (χ0n) is 10.7. The van der Waals surface area contributed by atoms with Crippen molar-refractivity contribution in [3.8, 4) is 5.69 Å². The number of rotatable bonds is 2. The van der Waals surface area contributed by atoms with Crippen LogP contribution >= 0.6 is 11.6 Å². The lowest BCUT2D eigenvalue weighted by molar-refractivity contribution is 0.0697. The molecule has 4 nitrogen and oxygen atoms in total. The summed E-state index contributed by atoms with van der Waals surface area (Å²) in [6.07, 6.45) is 1.68. The minimum Gasteiger partial charge on any atom is -0.478 e. The number of benzene rings is 2. The molecule has 20 heavy (non-hydrogen) atoms. The molecule has 0 amide bonds. The van der Waals surface area contributed by atoms with Crippen molar-refractivity contribution in [1.82, 2.24) is 9.55 Å². The highest BCUT2D eigenvalue weighted by Crippen LogP contribution is 2.25. The Kier molecular flexibility index (Phi) is 2.95. The van der Waals surface area contributed by atoms with Gasteiger partial charge in [0.25, 0.3) is 0 Å². The number of halogens is 1. The van der Waals surface area contributed by atoms with Crippen LogP contribution in [-0.2, 0) is 0 Å². The molecule has 0 spiro atoms. The quantitative estimate of drug-likeness (QED) is 0.782. The van der Waals surface area contributed by atoms with Crippen LogP contribution in [0.4, 0.5) is 0 Å². The van der Waals surface area contributed by atoms with Crippen molar-refractivity contribution in [2.75, 3.05) is 0 Å². The highest BCUT2D eigenvalue weighted by Gasteiger charge is 2.11. The number of aromatic nitrogens is 2. The van der Waals surface area contributed by atoms with Crippen LogP contribution in [0.2, 0.25) is 5.02 Å². The van der Waals surface area contributed by atoms with Gasteiger partial charge in [0.2, 0.25) is 0 Å². The van der Waals surface area contributed by atoms with Gasteiger partial charge in [0, 0.05) is 5.02 Å².